The van der Waals surface area contributed by atoms with Crippen LogP contribution in [0.15, 0.2) is 56.6 Å². The number of aryl methyl sites for hydroxylation is 1. The van der Waals surface area contributed by atoms with E-state index in [0.29, 0.717) is 22.0 Å². The molecule has 0 bridgehead atoms. The van der Waals surface area contributed by atoms with Crippen molar-refractivity contribution in [3.8, 4) is 5.75 Å². The Bertz CT molecular complexity index is 1420. The molecule has 3 amide bonds. The number of amides is 3. The van der Waals surface area contributed by atoms with Gasteiger partial charge in [0, 0.05) is 35.6 Å². The van der Waals surface area contributed by atoms with E-state index in [2.05, 4.69) is 26.3 Å². The van der Waals surface area contributed by atoms with Crippen LogP contribution in [0.25, 0.3) is 16.8 Å². The number of fused-ring (bicyclic) bond motifs is 1. The SMILES string of the molecule is Cn1nc(CC(=O)NCCN2C(=O)SC(=Cc3cc(Br)ccc3O)C2=O)c2ccccc2c1=O. The number of benzene rings is 2. The Balaban J connectivity index is 1.39. The highest BCUT2D eigenvalue weighted by atomic mass is 79.9. The molecule has 0 atom stereocenters. The van der Waals surface area contributed by atoms with Crippen molar-refractivity contribution in [2.24, 2.45) is 7.05 Å². The molecule has 2 N–H and O–H groups in total. The zero-order valence-corrected chi connectivity index (χ0v) is 20.4. The molecule has 1 aliphatic rings. The fourth-order valence-corrected chi connectivity index (χ4v) is 4.74. The number of aromatic nitrogens is 2. The van der Waals surface area contributed by atoms with Crippen LogP contribution < -0.4 is 10.9 Å². The summed E-state index contributed by atoms with van der Waals surface area (Å²) in [5.74, 6) is -0.853. The third kappa shape index (κ3) is 4.90. The van der Waals surface area contributed by atoms with Gasteiger partial charge in [-0.15, -0.1) is 0 Å². The van der Waals surface area contributed by atoms with Gasteiger partial charge in [0.1, 0.15) is 5.75 Å². The summed E-state index contributed by atoms with van der Waals surface area (Å²) < 4.78 is 1.92. The van der Waals surface area contributed by atoms with Gasteiger partial charge in [-0.2, -0.15) is 5.10 Å². The first-order valence-corrected chi connectivity index (χ1v) is 11.8. The van der Waals surface area contributed by atoms with Crippen molar-refractivity contribution in [2.75, 3.05) is 13.1 Å². The van der Waals surface area contributed by atoms with Crippen LogP contribution in [0.2, 0.25) is 0 Å². The van der Waals surface area contributed by atoms with E-state index in [4.69, 9.17) is 0 Å². The second kappa shape index (κ2) is 9.82. The summed E-state index contributed by atoms with van der Waals surface area (Å²) in [7, 11) is 1.53. The number of nitrogens with one attached hydrogen (secondary N) is 1. The van der Waals surface area contributed by atoms with Gasteiger partial charge in [-0.1, -0.05) is 34.1 Å². The van der Waals surface area contributed by atoms with Gasteiger partial charge in [0.2, 0.25) is 5.91 Å². The average Bonchev–Trinajstić information content (AvgIpc) is 3.07. The number of phenolic OH excluding ortho intramolecular Hbond substituents is 1. The van der Waals surface area contributed by atoms with E-state index >= 15 is 0 Å². The van der Waals surface area contributed by atoms with Crippen LogP contribution in [0, 0.1) is 0 Å². The Kier molecular flexibility index (Phi) is 6.85. The molecule has 1 fully saturated rings. The summed E-state index contributed by atoms with van der Waals surface area (Å²) in [5.41, 5.74) is 0.617. The minimum Gasteiger partial charge on any atom is -0.507 e. The van der Waals surface area contributed by atoms with Crippen LogP contribution in [-0.4, -0.2) is 49.9 Å². The van der Waals surface area contributed by atoms with Crippen molar-refractivity contribution in [3.63, 3.8) is 0 Å². The van der Waals surface area contributed by atoms with Gasteiger partial charge < -0.3 is 10.4 Å². The number of nitrogens with zero attached hydrogens (tertiary/aromatic N) is 3. The molecular weight excluding hydrogens is 524 g/mol. The number of hydrogen-bond acceptors (Lipinski definition) is 7. The van der Waals surface area contributed by atoms with Crippen molar-refractivity contribution < 1.29 is 19.5 Å². The summed E-state index contributed by atoms with van der Waals surface area (Å²) in [6, 6.07) is 11.7. The molecule has 1 saturated heterocycles. The Labute approximate surface area is 206 Å². The minimum atomic E-state index is -0.491. The number of aromatic hydroxyl groups is 1. The van der Waals surface area contributed by atoms with E-state index in [1.807, 2.05) is 0 Å². The standard InChI is InChI=1S/C23H19BrN4O5S/c1-27-21(31)16-5-3-2-4-15(16)17(26-27)12-20(30)25-8-9-28-22(32)19(34-23(28)33)11-13-10-14(24)6-7-18(13)29/h2-7,10-11,29H,8-9,12H2,1H3,(H,25,30). The first kappa shape index (κ1) is 23.7. The van der Waals surface area contributed by atoms with Crippen LogP contribution in [-0.2, 0) is 23.1 Å². The van der Waals surface area contributed by atoms with E-state index in [9.17, 15) is 24.3 Å². The smallest absolute Gasteiger partial charge is 0.293 e. The number of imide groups is 1. The molecule has 0 unspecified atom stereocenters. The summed E-state index contributed by atoms with van der Waals surface area (Å²) in [6.45, 7) is 0.0651. The minimum absolute atomic E-state index is 0.000333. The number of phenols is 1. The van der Waals surface area contributed by atoms with Gasteiger partial charge >= 0.3 is 0 Å². The Morgan fingerprint density at radius 2 is 1.91 bits per heavy atom. The quantitative estimate of drug-likeness (QED) is 0.459. The molecule has 0 spiro atoms. The number of rotatable bonds is 6. The van der Waals surface area contributed by atoms with Gasteiger partial charge in [-0.05, 0) is 42.1 Å². The molecule has 9 nitrogen and oxygen atoms in total. The first-order chi connectivity index (χ1) is 16.2. The molecule has 11 heteroatoms. The van der Waals surface area contributed by atoms with E-state index in [1.165, 1.54) is 23.9 Å². The molecule has 1 aliphatic heterocycles. The zero-order chi connectivity index (χ0) is 24.4. The van der Waals surface area contributed by atoms with Crippen molar-refractivity contribution in [1.82, 2.24) is 20.0 Å². The number of thioether (sulfide) groups is 1. The van der Waals surface area contributed by atoms with Crippen LogP contribution >= 0.6 is 27.7 Å². The predicted molar refractivity (Wildman–Crippen MR) is 132 cm³/mol. The van der Waals surface area contributed by atoms with Gasteiger partial charge in [-0.3, -0.25) is 24.1 Å². The number of hydrogen-bond donors (Lipinski definition) is 2. The van der Waals surface area contributed by atoms with Crippen molar-refractivity contribution in [1.29, 1.82) is 0 Å². The molecule has 0 saturated carbocycles. The molecule has 2 heterocycles. The maximum atomic E-state index is 12.7. The monoisotopic (exact) mass is 542 g/mol. The van der Waals surface area contributed by atoms with Crippen LogP contribution in [0.4, 0.5) is 4.79 Å². The fraction of sp³-hybridized carbons (Fsp3) is 0.174. The maximum Gasteiger partial charge on any atom is 0.293 e. The lowest BCUT2D eigenvalue weighted by Crippen LogP contribution is -2.38. The highest BCUT2D eigenvalue weighted by Gasteiger charge is 2.34. The lowest BCUT2D eigenvalue weighted by Gasteiger charge is -2.13. The normalized spacial score (nSPS) is 14.9. The van der Waals surface area contributed by atoms with E-state index in [0.717, 1.165) is 21.1 Å². The number of carbonyl (C=O) groups excluding carboxylic acids is 3. The largest absolute Gasteiger partial charge is 0.507 e. The third-order valence-electron chi connectivity index (χ3n) is 5.17. The lowest BCUT2D eigenvalue weighted by atomic mass is 10.1. The van der Waals surface area contributed by atoms with Gasteiger partial charge in [-0.25, -0.2) is 4.68 Å². The first-order valence-electron chi connectivity index (χ1n) is 10.2. The predicted octanol–water partition coefficient (Wildman–Crippen LogP) is 2.80. The Morgan fingerprint density at radius 3 is 2.68 bits per heavy atom. The second-order valence-electron chi connectivity index (χ2n) is 7.48. The van der Waals surface area contributed by atoms with Crippen LogP contribution in [0.1, 0.15) is 11.3 Å². The lowest BCUT2D eigenvalue weighted by molar-refractivity contribution is -0.124. The van der Waals surface area contributed by atoms with Crippen LogP contribution in [0.3, 0.4) is 0 Å². The van der Waals surface area contributed by atoms with E-state index < -0.39 is 11.1 Å². The van der Waals surface area contributed by atoms with Crippen molar-refractivity contribution >= 4 is 61.6 Å². The Morgan fingerprint density at radius 1 is 1.18 bits per heavy atom. The maximum absolute atomic E-state index is 12.7. The second-order valence-corrected chi connectivity index (χ2v) is 9.39. The molecule has 0 aliphatic carbocycles. The van der Waals surface area contributed by atoms with Gasteiger partial charge in [0.25, 0.3) is 16.7 Å². The molecule has 34 heavy (non-hydrogen) atoms. The fourth-order valence-electron chi connectivity index (χ4n) is 3.50. The molecule has 3 aromatic rings. The zero-order valence-electron chi connectivity index (χ0n) is 17.9. The molecular formula is C23H19BrN4O5S. The molecule has 4 rings (SSSR count). The summed E-state index contributed by atoms with van der Waals surface area (Å²) in [4.78, 5) is 50.9. The summed E-state index contributed by atoms with van der Waals surface area (Å²) in [5, 5.41) is 17.5. The summed E-state index contributed by atoms with van der Waals surface area (Å²) in [6.07, 6.45) is 1.40. The van der Waals surface area contributed by atoms with E-state index in [-0.39, 0.29) is 41.6 Å². The van der Waals surface area contributed by atoms with Crippen molar-refractivity contribution in [3.05, 3.63) is 73.5 Å². The van der Waals surface area contributed by atoms with Gasteiger partial charge in [0.15, 0.2) is 0 Å². The van der Waals surface area contributed by atoms with Crippen LogP contribution in [0.5, 0.6) is 5.75 Å². The topological polar surface area (TPSA) is 122 Å². The Hall–Kier alpha value is -3.44. The molecule has 174 valence electrons. The summed E-state index contributed by atoms with van der Waals surface area (Å²) >= 11 is 4.08. The third-order valence-corrected chi connectivity index (χ3v) is 6.57. The highest BCUT2D eigenvalue weighted by Crippen LogP contribution is 2.34. The van der Waals surface area contributed by atoms with E-state index in [1.54, 1.807) is 36.4 Å². The number of halogens is 1. The van der Waals surface area contributed by atoms with Crippen molar-refractivity contribution in [2.45, 2.75) is 6.42 Å². The number of carbonyl (C=O) groups is 3. The highest BCUT2D eigenvalue weighted by molar-refractivity contribution is 9.10. The molecule has 0 radical (unpaired) electrons. The molecule has 2 aromatic carbocycles. The van der Waals surface area contributed by atoms with Gasteiger partial charge in [0.05, 0.1) is 22.4 Å². The average molecular weight is 543 g/mol. The molecule has 1 aromatic heterocycles.